The van der Waals surface area contributed by atoms with Gasteiger partial charge in [0.25, 0.3) is 0 Å². The predicted molar refractivity (Wildman–Crippen MR) is 84.0 cm³/mol. The lowest BCUT2D eigenvalue weighted by molar-refractivity contribution is -0.121. The maximum absolute atomic E-state index is 12.0. The van der Waals surface area contributed by atoms with Gasteiger partial charge in [-0.05, 0) is 36.1 Å². The average Bonchev–Trinajstić information content (AvgIpc) is 3.14. The van der Waals surface area contributed by atoms with Crippen molar-refractivity contribution in [3.63, 3.8) is 0 Å². The van der Waals surface area contributed by atoms with Gasteiger partial charge in [0.15, 0.2) is 0 Å². The highest BCUT2D eigenvalue weighted by molar-refractivity contribution is 5.83. The number of para-hydroxylation sites is 1. The van der Waals surface area contributed by atoms with Crippen LogP contribution in [-0.4, -0.2) is 21.6 Å². The topological polar surface area (TPSA) is 39.0 Å². The number of nitrogens with one attached hydrogen (secondary N) is 1. The molecule has 0 atom stereocenters. The molecule has 2 heterocycles. The standard InChI is InChI=1S/C17H19N3O/c21-17(18-9-5-12-19-10-3-4-11-19)14-20-13-8-15-6-1-2-7-16(15)20/h1-4,6-8,10-11,13H,5,9,12,14H2,(H,18,21). The molecule has 21 heavy (non-hydrogen) atoms. The Morgan fingerprint density at radius 3 is 2.67 bits per heavy atom. The fourth-order valence-electron chi connectivity index (χ4n) is 2.50. The molecule has 0 radical (unpaired) electrons. The molecule has 0 fully saturated rings. The number of carbonyl (C=O) groups excluding carboxylic acids is 1. The smallest absolute Gasteiger partial charge is 0.239 e. The zero-order chi connectivity index (χ0) is 14.5. The zero-order valence-electron chi connectivity index (χ0n) is 11.9. The Balaban J connectivity index is 1.48. The minimum Gasteiger partial charge on any atom is -0.354 e. The second kappa shape index (κ2) is 6.31. The largest absolute Gasteiger partial charge is 0.354 e. The molecule has 0 saturated carbocycles. The fourth-order valence-corrected chi connectivity index (χ4v) is 2.50. The Hall–Kier alpha value is -2.49. The first kappa shape index (κ1) is 13.5. The van der Waals surface area contributed by atoms with Gasteiger partial charge in [-0.2, -0.15) is 0 Å². The first-order chi connectivity index (χ1) is 10.3. The lowest BCUT2D eigenvalue weighted by Gasteiger charge is -2.08. The number of carbonyl (C=O) groups is 1. The SMILES string of the molecule is O=C(Cn1ccc2ccccc21)NCCCn1cccc1. The summed E-state index contributed by atoms with van der Waals surface area (Å²) in [7, 11) is 0. The first-order valence-electron chi connectivity index (χ1n) is 7.24. The summed E-state index contributed by atoms with van der Waals surface area (Å²) >= 11 is 0. The second-order valence-corrected chi connectivity index (χ2v) is 5.13. The van der Waals surface area contributed by atoms with Gasteiger partial charge in [-0.1, -0.05) is 18.2 Å². The van der Waals surface area contributed by atoms with Gasteiger partial charge in [-0.25, -0.2) is 0 Å². The summed E-state index contributed by atoms with van der Waals surface area (Å²) in [5.74, 6) is 0.0591. The number of aromatic nitrogens is 2. The number of hydrogen-bond acceptors (Lipinski definition) is 1. The maximum atomic E-state index is 12.0. The van der Waals surface area contributed by atoms with Crippen molar-refractivity contribution < 1.29 is 4.79 Å². The van der Waals surface area contributed by atoms with E-state index in [2.05, 4.69) is 16.0 Å². The Labute approximate surface area is 124 Å². The Bertz CT molecular complexity index is 713. The van der Waals surface area contributed by atoms with Crippen molar-refractivity contribution in [2.75, 3.05) is 6.54 Å². The van der Waals surface area contributed by atoms with Crippen LogP contribution in [0.25, 0.3) is 10.9 Å². The highest BCUT2D eigenvalue weighted by atomic mass is 16.1. The summed E-state index contributed by atoms with van der Waals surface area (Å²) in [6.07, 6.45) is 6.97. The molecule has 0 bridgehead atoms. The average molecular weight is 281 g/mol. The van der Waals surface area contributed by atoms with E-state index in [1.54, 1.807) is 0 Å². The normalized spacial score (nSPS) is 10.9. The Morgan fingerprint density at radius 1 is 1.00 bits per heavy atom. The van der Waals surface area contributed by atoms with Crippen LogP contribution in [0.2, 0.25) is 0 Å². The van der Waals surface area contributed by atoms with Gasteiger partial charge in [0.1, 0.15) is 6.54 Å². The molecular formula is C17H19N3O. The van der Waals surface area contributed by atoms with Crippen LogP contribution in [0.3, 0.4) is 0 Å². The molecular weight excluding hydrogens is 262 g/mol. The number of benzene rings is 1. The van der Waals surface area contributed by atoms with Gasteiger partial charge in [0, 0.05) is 37.2 Å². The minimum absolute atomic E-state index is 0.0591. The molecule has 2 aromatic heterocycles. The van der Waals surface area contributed by atoms with Gasteiger partial charge in [-0.3, -0.25) is 4.79 Å². The molecule has 0 unspecified atom stereocenters. The molecule has 1 aromatic carbocycles. The summed E-state index contributed by atoms with van der Waals surface area (Å²) in [6.45, 7) is 2.01. The predicted octanol–water partition coefficient (Wildman–Crippen LogP) is 2.65. The van der Waals surface area contributed by atoms with E-state index < -0.39 is 0 Å². The maximum Gasteiger partial charge on any atom is 0.239 e. The summed E-state index contributed by atoms with van der Waals surface area (Å²) in [5, 5.41) is 4.14. The van der Waals surface area contributed by atoms with Gasteiger partial charge >= 0.3 is 0 Å². The van der Waals surface area contributed by atoms with Gasteiger partial charge in [0.05, 0.1) is 0 Å². The molecule has 0 aliphatic heterocycles. The third-order valence-corrected chi connectivity index (χ3v) is 3.58. The number of rotatable bonds is 6. The monoisotopic (exact) mass is 281 g/mol. The Kier molecular flexibility index (Phi) is 4.05. The lowest BCUT2D eigenvalue weighted by Crippen LogP contribution is -2.28. The van der Waals surface area contributed by atoms with Crippen LogP contribution >= 0.6 is 0 Å². The van der Waals surface area contributed by atoms with Crippen LogP contribution in [-0.2, 0) is 17.9 Å². The number of hydrogen-bond donors (Lipinski definition) is 1. The summed E-state index contributed by atoms with van der Waals surface area (Å²) < 4.78 is 4.10. The van der Waals surface area contributed by atoms with Gasteiger partial charge in [-0.15, -0.1) is 0 Å². The number of aryl methyl sites for hydroxylation is 1. The first-order valence-corrected chi connectivity index (χ1v) is 7.24. The van der Waals surface area contributed by atoms with E-state index in [4.69, 9.17) is 0 Å². The van der Waals surface area contributed by atoms with E-state index in [1.165, 1.54) is 0 Å². The van der Waals surface area contributed by atoms with Crippen molar-refractivity contribution in [3.8, 4) is 0 Å². The van der Waals surface area contributed by atoms with Crippen molar-refractivity contribution >= 4 is 16.8 Å². The van der Waals surface area contributed by atoms with E-state index in [-0.39, 0.29) is 5.91 Å². The zero-order valence-corrected chi connectivity index (χ0v) is 11.9. The van der Waals surface area contributed by atoms with Crippen LogP contribution in [0.15, 0.2) is 61.1 Å². The third-order valence-electron chi connectivity index (χ3n) is 3.58. The van der Waals surface area contributed by atoms with E-state index >= 15 is 0 Å². The molecule has 1 N–H and O–H groups in total. The van der Waals surface area contributed by atoms with Crippen LogP contribution in [0.4, 0.5) is 0 Å². The molecule has 3 aromatic rings. The summed E-state index contributed by atoms with van der Waals surface area (Å²) in [4.78, 5) is 12.0. The molecule has 0 spiro atoms. The van der Waals surface area contributed by atoms with Crippen LogP contribution in [0.5, 0.6) is 0 Å². The highest BCUT2D eigenvalue weighted by Crippen LogP contribution is 2.14. The number of amides is 1. The van der Waals surface area contributed by atoms with Crippen molar-refractivity contribution in [1.29, 1.82) is 0 Å². The van der Waals surface area contributed by atoms with Crippen LogP contribution < -0.4 is 5.32 Å². The van der Waals surface area contributed by atoms with Crippen molar-refractivity contribution in [1.82, 2.24) is 14.5 Å². The molecule has 4 heteroatoms. The molecule has 3 rings (SSSR count). The van der Waals surface area contributed by atoms with Gasteiger partial charge in [0.2, 0.25) is 5.91 Å². The lowest BCUT2D eigenvalue weighted by atomic mass is 10.2. The highest BCUT2D eigenvalue weighted by Gasteiger charge is 2.05. The van der Waals surface area contributed by atoms with Crippen LogP contribution in [0.1, 0.15) is 6.42 Å². The third kappa shape index (κ3) is 3.34. The summed E-state index contributed by atoms with van der Waals surface area (Å²) in [5.41, 5.74) is 1.10. The molecule has 0 aliphatic carbocycles. The molecule has 1 amide bonds. The second-order valence-electron chi connectivity index (χ2n) is 5.13. The van der Waals surface area contributed by atoms with E-state index in [0.29, 0.717) is 13.1 Å². The van der Waals surface area contributed by atoms with E-state index in [0.717, 1.165) is 23.9 Å². The number of nitrogens with zero attached hydrogens (tertiary/aromatic N) is 2. The number of fused-ring (bicyclic) bond motifs is 1. The van der Waals surface area contributed by atoms with E-state index in [1.807, 2.05) is 59.6 Å². The summed E-state index contributed by atoms with van der Waals surface area (Å²) in [6, 6.07) is 14.2. The Morgan fingerprint density at radius 2 is 1.81 bits per heavy atom. The van der Waals surface area contributed by atoms with E-state index in [9.17, 15) is 4.79 Å². The van der Waals surface area contributed by atoms with Crippen molar-refractivity contribution in [3.05, 3.63) is 61.1 Å². The van der Waals surface area contributed by atoms with Crippen molar-refractivity contribution in [2.45, 2.75) is 19.5 Å². The minimum atomic E-state index is 0.0591. The molecule has 0 aliphatic rings. The fraction of sp³-hybridized carbons (Fsp3) is 0.235. The molecule has 108 valence electrons. The quantitative estimate of drug-likeness (QED) is 0.693. The van der Waals surface area contributed by atoms with Gasteiger partial charge < -0.3 is 14.5 Å². The molecule has 0 saturated heterocycles. The molecule has 4 nitrogen and oxygen atoms in total. The van der Waals surface area contributed by atoms with Crippen molar-refractivity contribution in [2.24, 2.45) is 0 Å². The van der Waals surface area contributed by atoms with Crippen LogP contribution in [0, 0.1) is 0 Å².